The minimum atomic E-state index is 1.04. The second kappa shape index (κ2) is 3.27. The summed E-state index contributed by atoms with van der Waals surface area (Å²) in [5.41, 5.74) is 1.05. The van der Waals surface area contributed by atoms with Gasteiger partial charge in [-0.15, -0.1) is 0 Å². The Morgan fingerprint density at radius 3 is 2.77 bits per heavy atom. The molecular weight excluding hydrogens is 248 g/mol. The van der Waals surface area contributed by atoms with Crippen molar-refractivity contribution in [2.24, 2.45) is 0 Å². The maximum Gasteiger partial charge on any atom is 0.185 e. The Bertz CT molecular complexity index is 436. The number of benzene rings is 1. The van der Waals surface area contributed by atoms with Crippen LogP contribution in [0.2, 0.25) is 0 Å². The van der Waals surface area contributed by atoms with Crippen LogP contribution in [0.1, 0.15) is 0 Å². The third-order valence-corrected chi connectivity index (χ3v) is 3.57. The van der Waals surface area contributed by atoms with E-state index in [0.717, 1.165) is 15.1 Å². The molecule has 0 aliphatic heterocycles. The quantitative estimate of drug-likeness (QED) is 0.780. The molecule has 0 fully saturated rings. The number of halogens is 1. The molecule has 1 aromatic heterocycles. The molecule has 2 aromatic rings. The number of para-hydroxylation sites is 1. The second-order valence-corrected chi connectivity index (χ2v) is 4.84. The maximum absolute atomic E-state index is 4.51. The van der Waals surface area contributed by atoms with Gasteiger partial charge in [0, 0.05) is 18.6 Å². The van der Waals surface area contributed by atoms with Crippen LogP contribution in [-0.4, -0.2) is 19.1 Å². The van der Waals surface area contributed by atoms with Crippen LogP contribution >= 0.6 is 27.3 Å². The lowest BCUT2D eigenvalue weighted by molar-refractivity contribution is 1.11. The Morgan fingerprint density at radius 2 is 2.15 bits per heavy atom. The zero-order valence-corrected chi connectivity index (χ0v) is 9.82. The zero-order valence-electron chi connectivity index (χ0n) is 7.41. The van der Waals surface area contributed by atoms with E-state index in [1.54, 1.807) is 11.3 Å². The van der Waals surface area contributed by atoms with E-state index in [4.69, 9.17) is 0 Å². The Hall–Kier alpha value is -0.610. The zero-order chi connectivity index (χ0) is 9.42. The van der Waals surface area contributed by atoms with Crippen molar-refractivity contribution in [3.8, 4) is 0 Å². The summed E-state index contributed by atoms with van der Waals surface area (Å²) in [5.74, 6) is 0. The second-order valence-electron chi connectivity index (χ2n) is 2.98. The highest BCUT2D eigenvalue weighted by molar-refractivity contribution is 9.10. The predicted molar refractivity (Wildman–Crippen MR) is 61.6 cm³/mol. The average Bonchev–Trinajstić information content (AvgIpc) is 2.49. The number of fused-ring (bicyclic) bond motifs is 1. The molecule has 0 unspecified atom stereocenters. The SMILES string of the molecule is CN(C)c1nc2c(Br)cccc2s1. The summed E-state index contributed by atoms with van der Waals surface area (Å²) in [6, 6.07) is 6.14. The highest BCUT2D eigenvalue weighted by atomic mass is 79.9. The van der Waals surface area contributed by atoms with Gasteiger partial charge in [-0.2, -0.15) is 0 Å². The summed E-state index contributed by atoms with van der Waals surface area (Å²) in [5, 5.41) is 1.04. The van der Waals surface area contributed by atoms with Crippen LogP contribution in [0, 0.1) is 0 Å². The molecule has 2 nitrogen and oxygen atoms in total. The molecule has 0 atom stereocenters. The van der Waals surface area contributed by atoms with Crippen LogP contribution in [0.4, 0.5) is 5.13 Å². The number of hydrogen-bond acceptors (Lipinski definition) is 3. The average molecular weight is 257 g/mol. The van der Waals surface area contributed by atoms with Crippen molar-refractivity contribution in [1.82, 2.24) is 4.98 Å². The molecule has 1 heterocycles. The third kappa shape index (κ3) is 1.56. The number of aromatic nitrogens is 1. The summed E-state index contributed by atoms with van der Waals surface area (Å²) >= 11 is 5.19. The molecule has 0 bridgehead atoms. The maximum atomic E-state index is 4.51. The van der Waals surface area contributed by atoms with Gasteiger partial charge in [0.15, 0.2) is 5.13 Å². The van der Waals surface area contributed by atoms with Crippen LogP contribution < -0.4 is 4.90 Å². The molecule has 13 heavy (non-hydrogen) atoms. The van der Waals surface area contributed by atoms with Gasteiger partial charge in [0.2, 0.25) is 0 Å². The van der Waals surface area contributed by atoms with Crippen LogP contribution in [-0.2, 0) is 0 Å². The van der Waals surface area contributed by atoms with Crippen molar-refractivity contribution in [2.45, 2.75) is 0 Å². The molecule has 4 heteroatoms. The number of thiazole rings is 1. The lowest BCUT2D eigenvalue weighted by Crippen LogP contribution is -2.07. The lowest BCUT2D eigenvalue weighted by atomic mass is 10.3. The van der Waals surface area contributed by atoms with Crippen molar-refractivity contribution in [3.63, 3.8) is 0 Å². The normalized spacial score (nSPS) is 10.7. The van der Waals surface area contributed by atoms with Gasteiger partial charge in [0.25, 0.3) is 0 Å². The molecule has 2 rings (SSSR count). The molecule has 68 valence electrons. The van der Waals surface area contributed by atoms with Gasteiger partial charge in [-0.1, -0.05) is 17.4 Å². The first kappa shape index (κ1) is 8.97. The molecule has 0 amide bonds. The number of nitrogens with zero attached hydrogens (tertiary/aromatic N) is 2. The fourth-order valence-electron chi connectivity index (χ4n) is 1.09. The number of hydrogen-bond donors (Lipinski definition) is 0. The Kier molecular flexibility index (Phi) is 2.26. The van der Waals surface area contributed by atoms with Gasteiger partial charge in [0.1, 0.15) is 0 Å². The van der Waals surface area contributed by atoms with Crippen LogP contribution in [0.15, 0.2) is 22.7 Å². The minimum Gasteiger partial charge on any atom is -0.354 e. The number of anilines is 1. The van der Waals surface area contributed by atoms with Gasteiger partial charge < -0.3 is 4.90 Å². The van der Waals surface area contributed by atoms with Crippen LogP contribution in [0.3, 0.4) is 0 Å². The van der Waals surface area contributed by atoms with Gasteiger partial charge in [-0.3, -0.25) is 0 Å². The minimum absolute atomic E-state index is 1.04. The summed E-state index contributed by atoms with van der Waals surface area (Å²) in [7, 11) is 4.01. The first-order chi connectivity index (χ1) is 6.18. The smallest absolute Gasteiger partial charge is 0.185 e. The van der Waals surface area contributed by atoms with Crippen molar-refractivity contribution in [1.29, 1.82) is 0 Å². The molecular formula is C9H9BrN2S. The molecule has 0 aliphatic rings. The van der Waals surface area contributed by atoms with E-state index in [1.165, 1.54) is 4.70 Å². The van der Waals surface area contributed by atoms with Crippen molar-refractivity contribution in [2.75, 3.05) is 19.0 Å². The predicted octanol–water partition coefficient (Wildman–Crippen LogP) is 3.12. The van der Waals surface area contributed by atoms with Crippen molar-refractivity contribution < 1.29 is 0 Å². The van der Waals surface area contributed by atoms with Gasteiger partial charge >= 0.3 is 0 Å². The lowest BCUT2D eigenvalue weighted by Gasteiger charge is -2.04. The van der Waals surface area contributed by atoms with Crippen LogP contribution in [0.25, 0.3) is 10.2 Å². The fourth-order valence-corrected chi connectivity index (χ4v) is 2.60. The van der Waals surface area contributed by atoms with Crippen molar-refractivity contribution in [3.05, 3.63) is 22.7 Å². The van der Waals surface area contributed by atoms with Gasteiger partial charge in [-0.25, -0.2) is 4.98 Å². The molecule has 0 N–H and O–H groups in total. The summed E-state index contributed by atoms with van der Waals surface area (Å²) < 4.78 is 2.28. The summed E-state index contributed by atoms with van der Waals surface area (Å²) in [6.07, 6.45) is 0. The number of rotatable bonds is 1. The highest BCUT2D eigenvalue weighted by Crippen LogP contribution is 2.31. The van der Waals surface area contributed by atoms with Gasteiger partial charge in [0.05, 0.1) is 10.2 Å². The molecule has 0 aliphatic carbocycles. The third-order valence-electron chi connectivity index (χ3n) is 1.74. The first-order valence-corrected chi connectivity index (χ1v) is 5.52. The van der Waals surface area contributed by atoms with E-state index >= 15 is 0 Å². The largest absolute Gasteiger partial charge is 0.354 e. The van der Waals surface area contributed by atoms with E-state index in [-0.39, 0.29) is 0 Å². The highest BCUT2D eigenvalue weighted by Gasteiger charge is 2.06. The molecule has 0 saturated heterocycles. The molecule has 0 spiro atoms. The van der Waals surface area contributed by atoms with E-state index < -0.39 is 0 Å². The molecule has 0 saturated carbocycles. The topological polar surface area (TPSA) is 16.1 Å². The molecule has 1 aromatic carbocycles. The van der Waals surface area contributed by atoms with Crippen LogP contribution in [0.5, 0.6) is 0 Å². The summed E-state index contributed by atoms with van der Waals surface area (Å²) in [4.78, 5) is 6.53. The van der Waals surface area contributed by atoms with E-state index in [1.807, 2.05) is 31.1 Å². The standard InChI is InChI=1S/C9H9BrN2S/c1-12(2)9-11-8-6(10)4-3-5-7(8)13-9/h3-5H,1-2H3. The van der Waals surface area contributed by atoms with E-state index in [9.17, 15) is 0 Å². The van der Waals surface area contributed by atoms with E-state index in [0.29, 0.717) is 0 Å². The summed E-state index contributed by atoms with van der Waals surface area (Å²) in [6.45, 7) is 0. The first-order valence-electron chi connectivity index (χ1n) is 3.91. The Morgan fingerprint density at radius 1 is 1.38 bits per heavy atom. The van der Waals surface area contributed by atoms with Crippen molar-refractivity contribution >= 4 is 42.6 Å². The monoisotopic (exact) mass is 256 g/mol. The Balaban J connectivity index is 2.68. The van der Waals surface area contributed by atoms with Gasteiger partial charge in [-0.05, 0) is 28.1 Å². The Labute approximate surface area is 89.3 Å². The fraction of sp³-hybridized carbons (Fsp3) is 0.222. The molecule has 0 radical (unpaired) electrons. The van der Waals surface area contributed by atoms with E-state index in [2.05, 4.69) is 27.0 Å².